The van der Waals surface area contributed by atoms with Crippen LogP contribution >= 0.6 is 0 Å². The van der Waals surface area contributed by atoms with Crippen LogP contribution in [-0.2, 0) is 4.74 Å². The Bertz CT molecular complexity index is 725. The molecule has 9 nitrogen and oxygen atoms in total. The third kappa shape index (κ3) is 2.43. The lowest BCUT2D eigenvalue weighted by atomic mass is 10.2. The van der Waals surface area contributed by atoms with Gasteiger partial charge in [-0.15, -0.1) is 6.42 Å². The molecule has 2 aromatic heterocycles. The Hall–Kier alpha value is -2.41. The maximum absolute atomic E-state index is 9.83. The number of ether oxygens (including phenoxy) is 2. The minimum Gasteiger partial charge on any atom is -0.463 e. The maximum Gasteiger partial charge on any atom is 0.248 e. The first-order valence-corrected chi connectivity index (χ1v) is 6.64. The third-order valence-electron chi connectivity index (χ3n) is 3.39. The van der Waals surface area contributed by atoms with Crippen LogP contribution < -0.4 is 10.5 Å². The van der Waals surface area contributed by atoms with Crippen LogP contribution in [0.25, 0.3) is 11.2 Å². The Labute approximate surface area is 125 Å². The summed E-state index contributed by atoms with van der Waals surface area (Å²) in [5, 5.41) is 19.0. The van der Waals surface area contributed by atoms with Crippen molar-refractivity contribution in [3.8, 4) is 18.2 Å². The molecule has 0 amide bonds. The van der Waals surface area contributed by atoms with Crippen molar-refractivity contribution in [2.24, 2.45) is 0 Å². The van der Waals surface area contributed by atoms with Crippen molar-refractivity contribution in [3.05, 3.63) is 6.33 Å². The molecule has 3 rings (SSSR count). The van der Waals surface area contributed by atoms with Gasteiger partial charge < -0.3 is 25.4 Å². The minimum atomic E-state index is -0.760. The van der Waals surface area contributed by atoms with Crippen LogP contribution in [0.5, 0.6) is 5.88 Å². The average Bonchev–Trinajstić information content (AvgIpc) is 3.07. The largest absolute Gasteiger partial charge is 0.463 e. The van der Waals surface area contributed by atoms with E-state index in [1.165, 1.54) is 6.33 Å². The fourth-order valence-corrected chi connectivity index (χ4v) is 2.38. The van der Waals surface area contributed by atoms with Gasteiger partial charge in [0.2, 0.25) is 11.8 Å². The second-order valence-corrected chi connectivity index (χ2v) is 4.82. The van der Waals surface area contributed by atoms with Crippen molar-refractivity contribution >= 4 is 17.1 Å². The van der Waals surface area contributed by atoms with Gasteiger partial charge in [0.05, 0.1) is 19.0 Å². The van der Waals surface area contributed by atoms with Gasteiger partial charge in [-0.05, 0) is 0 Å². The van der Waals surface area contributed by atoms with Crippen LogP contribution in [0.4, 0.5) is 5.95 Å². The number of aliphatic hydroxyl groups excluding tert-OH is 2. The molecule has 1 aliphatic heterocycles. The molecule has 1 fully saturated rings. The van der Waals surface area contributed by atoms with E-state index in [-0.39, 0.29) is 25.0 Å². The summed E-state index contributed by atoms with van der Waals surface area (Å²) in [6.07, 6.45) is 5.06. The number of nitrogens with two attached hydrogens (primary N) is 1. The lowest BCUT2D eigenvalue weighted by molar-refractivity contribution is -0.0432. The van der Waals surface area contributed by atoms with Crippen molar-refractivity contribution < 1.29 is 19.7 Å². The summed E-state index contributed by atoms with van der Waals surface area (Å²) in [6.45, 7) is -0.235. The molecule has 1 unspecified atom stereocenters. The van der Waals surface area contributed by atoms with Gasteiger partial charge in [-0.3, -0.25) is 4.57 Å². The molecule has 0 aromatic carbocycles. The first-order valence-electron chi connectivity index (χ1n) is 6.64. The fraction of sp³-hybridized carbons (Fsp3) is 0.462. The van der Waals surface area contributed by atoms with Crippen LogP contribution in [0.3, 0.4) is 0 Å². The van der Waals surface area contributed by atoms with E-state index in [9.17, 15) is 5.11 Å². The number of nitrogen functional groups attached to an aromatic ring is 1. The molecule has 9 heteroatoms. The van der Waals surface area contributed by atoms with Gasteiger partial charge in [0.15, 0.2) is 17.8 Å². The number of fused-ring (bicyclic) bond motifs is 1. The fourth-order valence-electron chi connectivity index (χ4n) is 2.38. The smallest absolute Gasteiger partial charge is 0.248 e. The lowest BCUT2D eigenvalue weighted by Crippen LogP contribution is -2.24. The molecule has 1 aliphatic rings. The van der Waals surface area contributed by atoms with Crippen LogP contribution in [-0.4, -0.2) is 55.2 Å². The molecule has 0 bridgehead atoms. The van der Waals surface area contributed by atoms with E-state index in [2.05, 4.69) is 20.9 Å². The van der Waals surface area contributed by atoms with Gasteiger partial charge in [0.1, 0.15) is 12.3 Å². The zero-order chi connectivity index (χ0) is 15.7. The first-order chi connectivity index (χ1) is 10.6. The summed E-state index contributed by atoms with van der Waals surface area (Å²) in [4.78, 5) is 12.3. The monoisotopic (exact) mass is 305 g/mol. The number of nitrogens with zero attached hydrogens (tertiary/aromatic N) is 4. The Morgan fingerprint density at radius 3 is 3.05 bits per heavy atom. The molecule has 0 saturated carbocycles. The quantitative estimate of drug-likeness (QED) is 0.617. The zero-order valence-corrected chi connectivity index (χ0v) is 11.6. The molecule has 3 atom stereocenters. The van der Waals surface area contributed by atoms with Crippen molar-refractivity contribution in [1.82, 2.24) is 19.5 Å². The molecule has 0 aliphatic carbocycles. The molecule has 4 N–H and O–H groups in total. The number of hydrogen-bond acceptors (Lipinski definition) is 8. The highest BCUT2D eigenvalue weighted by Crippen LogP contribution is 2.32. The number of aromatic nitrogens is 4. The number of imidazole rings is 1. The number of terminal acetylenes is 1. The summed E-state index contributed by atoms with van der Waals surface area (Å²) in [5.41, 5.74) is 6.49. The van der Waals surface area contributed by atoms with Crippen LogP contribution in [0.15, 0.2) is 6.33 Å². The first kappa shape index (κ1) is 14.5. The Kier molecular flexibility index (Phi) is 3.81. The van der Waals surface area contributed by atoms with Gasteiger partial charge in [-0.25, -0.2) is 4.98 Å². The SMILES string of the molecule is C#CCOc1nc(N)nc2c1ncn2[C@H]1CC(O)[C@@H](CO)O1. The van der Waals surface area contributed by atoms with Gasteiger partial charge in [-0.1, -0.05) is 5.92 Å². The normalized spacial score (nSPS) is 24.5. The Balaban J connectivity index is 1.99. The van der Waals surface area contributed by atoms with Crippen LogP contribution in [0.1, 0.15) is 12.6 Å². The predicted octanol–water partition coefficient (Wildman–Crippen LogP) is -0.939. The van der Waals surface area contributed by atoms with Crippen molar-refractivity contribution in [3.63, 3.8) is 0 Å². The predicted molar refractivity (Wildman–Crippen MR) is 75.7 cm³/mol. The molecule has 2 aromatic rings. The van der Waals surface area contributed by atoms with E-state index in [1.807, 2.05) is 0 Å². The van der Waals surface area contributed by atoms with E-state index in [4.69, 9.17) is 26.7 Å². The highest BCUT2D eigenvalue weighted by atomic mass is 16.5. The van der Waals surface area contributed by atoms with E-state index in [0.717, 1.165) is 0 Å². The van der Waals surface area contributed by atoms with E-state index >= 15 is 0 Å². The standard InChI is InChI=1S/C13H15N5O4/c1-2-3-21-12-10-11(16-13(14)17-12)18(6-15-10)9-4-7(20)8(5-19)22-9/h1,6-9,19-20H,3-5H2,(H2,14,16,17)/t7?,8-,9-/m1/s1. The van der Waals surface area contributed by atoms with Crippen LogP contribution in [0, 0.1) is 12.3 Å². The summed E-state index contributed by atoms with van der Waals surface area (Å²) >= 11 is 0. The van der Waals surface area contributed by atoms with Gasteiger partial charge >= 0.3 is 0 Å². The molecule has 116 valence electrons. The molecular weight excluding hydrogens is 290 g/mol. The summed E-state index contributed by atoms with van der Waals surface area (Å²) in [7, 11) is 0. The number of anilines is 1. The van der Waals surface area contributed by atoms with Gasteiger partial charge in [0, 0.05) is 6.42 Å². The highest BCUT2D eigenvalue weighted by Gasteiger charge is 2.35. The van der Waals surface area contributed by atoms with Crippen molar-refractivity contribution in [1.29, 1.82) is 0 Å². The Morgan fingerprint density at radius 2 is 2.36 bits per heavy atom. The second kappa shape index (κ2) is 5.76. The molecule has 3 heterocycles. The third-order valence-corrected chi connectivity index (χ3v) is 3.39. The van der Waals surface area contributed by atoms with E-state index in [0.29, 0.717) is 17.6 Å². The summed E-state index contributed by atoms with van der Waals surface area (Å²) in [5.74, 6) is 2.54. The summed E-state index contributed by atoms with van der Waals surface area (Å²) < 4.78 is 12.5. The van der Waals surface area contributed by atoms with Gasteiger partial charge in [-0.2, -0.15) is 9.97 Å². The maximum atomic E-state index is 9.83. The van der Waals surface area contributed by atoms with Gasteiger partial charge in [0.25, 0.3) is 0 Å². The topological polar surface area (TPSA) is 129 Å². The lowest BCUT2D eigenvalue weighted by Gasteiger charge is -2.13. The number of aliphatic hydroxyl groups is 2. The van der Waals surface area contributed by atoms with Crippen LogP contribution in [0.2, 0.25) is 0 Å². The van der Waals surface area contributed by atoms with E-state index in [1.54, 1.807) is 4.57 Å². The second-order valence-electron chi connectivity index (χ2n) is 4.82. The van der Waals surface area contributed by atoms with Crippen molar-refractivity contribution in [2.75, 3.05) is 18.9 Å². The molecular formula is C13H15N5O4. The Morgan fingerprint density at radius 1 is 1.55 bits per heavy atom. The molecule has 0 spiro atoms. The zero-order valence-electron chi connectivity index (χ0n) is 11.6. The highest BCUT2D eigenvalue weighted by molar-refractivity contribution is 5.77. The van der Waals surface area contributed by atoms with Crippen molar-refractivity contribution in [2.45, 2.75) is 24.9 Å². The summed E-state index contributed by atoms with van der Waals surface area (Å²) in [6, 6.07) is 0. The number of hydrogen-bond donors (Lipinski definition) is 3. The average molecular weight is 305 g/mol. The molecule has 0 radical (unpaired) electrons. The number of rotatable bonds is 4. The van der Waals surface area contributed by atoms with E-state index < -0.39 is 18.4 Å². The minimum absolute atomic E-state index is 0.0125. The molecule has 1 saturated heterocycles. The molecule has 22 heavy (non-hydrogen) atoms.